The number of ether oxygens (including phenoxy) is 2. The highest BCUT2D eigenvalue weighted by atomic mass is 16.6. The van der Waals surface area contributed by atoms with E-state index in [0.717, 1.165) is 12.0 Å². The molecule has 1 aliphatic rings. The molecule has 1 aromatic rings. The van der Waals surface area contributed by atoms with Gasteiger partial charge in [0.25, 0.3) is 0 Å². The van der Waals surface area contributed by atoms with Gasteiger partial charge in [0.1, 0.15) is 5.60 Å². The number of carbonyl (C=O) groups is 1. The highest BCUT2D eigenvalue weighted by molar-refractivity contribution is 5.69. The molecule has 2 N–H and O–H groups in total. The first kappa shape index (κ1) is 17.8. The Bertz CT molecular complexity index is 512. The van der Waals surface area contributed by atoms with Gasteiger partial charge in [0, 0.05) is 0 Å². The highest BCUT2D eigenvalue weighted by Crippen LogP contribution is 2.32. The molecule has 2 atom stereocenters. The lowest BCUT2D eigenvalue weighted by molar-refractivity contribution is 0.0255. The van der Waals surface area contributed by atoms with Gasteiger partial charge in [-0.2, -0.15) is 0 Å². The van der Waals surface area contributed by atoms with Gasteiger partial charge < -0.3 is 19.9 Å². The van der Waals surface area contributed by atoms with Crippen molar-refractivity contribution in [3.63, 3.8) is 0 Å². The standard InChI is InChI=1S/C18H27NO4/c1-17(2,3)23-16(21)19-18(13-20)10-9-15(11-18)22-12-14-7-5-4-6-8-14/h4-8,15,20H,9-13H2,1-3H3,(H,19,21). The maximum absolute atomic E-state index is 12.0. The Hall–Kier alpha value is -1.59. The predicted molar refractivity (Wildman–Crippen MR) is 88.1 cm³/mol. The van der Waals surface area contributed by atoms with Crippen molar-refractivity contribution in [3.8, 4) is 0 Å². The molecule has 1 aliphatic carbocycles. The third kappa shape index (κ3) is 5.52. The van der Waals surface area contributed by atoms with Crippen LogP contribution >= 0.6 is 0 Å². The number of alkyl carbamates (subject to hydrolysis) is 1. The molecule has 5 heteroatoms. The lowest BCUT2D eigenvalue weighted by Gasteiger charge is -2.30. The molecule has 128 valence electrons. The van der Waals surface area contributed by atoms with E-state index in [1.807, 2.05) is 51.1 Å². The van der Waals surface area contributed by atoms with Crippen LogP contribution in [0.4, 0.5) is 4.79 Å². The van der Waals surface area contributed by atoms with E-state index in [1.165, 1.54) is 0 Å². The summed E-state index contributed by atoms with van der Waals surface area (Å²) in [6.07, 6.45) is 1.62. The normalized spacial score (nSPS) is 24.4. The van der Waals surface area contributed by atoms with Gasteiger partial charge in [0.15, 0.2) is 0 Å². The van der Waals surface area contributed by atoms with Gasteiger partial charge in [0.2, 0.25) is 0 Å². The SMILES string of the molecule is CC(C)(C)OC(=O)NC1(CO)CCC(OCc2ccccc2)C1. The summed E-state index contributed by atoms with van der Waals surface area (Å²) in [5.41, 5.74) is -0.0826. The van der Waals surface area contributed by atoms with E-state index in [-0.39, 0.29) is 12.7 Å². The maximum Gasteiger partial charge on any atom is 0.408 e. The molecule has 5 nitrogen and oxygen atoms in total. The number of amides is 1. The zero-order valence-electron chi connectivity index (χ0n) is 14.2. The summed E-state index contributed by atoms with van der Waals surface area (Å²) in [5.74, 6) is 0. The molecule has 2 rings (SSSR count). The lowest BCUT2D eigenvalue weighted by Crippen LogP contribution is -2.51. The van der Waals surface area contributed by atoms with Gasteiger partial charge in [-0.25, -0.2) is 4.79 Å². The number of hydrogen-bond acceptors (Lipinski definition) is 4. The largest absolute Gasteiger partial charge is 0.444 e. The first-order chi connectivity index (χ1) is 10.8. The molecule has 0 heterocycles. The van der Waals surface area contributed by atoms with Gasteiger partial charge in [-0.1, -0.05) is 30.3 Å². The molecule has 23 heavy (non-hydrogen) atoms. The van der Waals surface area contributed by atoms with Crippen LogP contribution in [-0.4, -0.2) is 35.1 Å². The molecule has 0 spiro atoms. The molecule has 1 saturated carbocycles. The molecule has 0 bridgehead atoms. The van der Waals surface area contributed by atoms with Crippen molar-refractivity contribution < 1.29 is 19.4 Å². The Kier molecular flexibility index (Phi) is 5.65. The molecular formula is C18H27NO4. The predicted octanol–water partition coefficient (Wildman–Crippen LogP) is 3.01. The molecule has 1 aromatic carbocycles. The lowest BCUT2D eigenvalue weighted by atomic mass is 9.99. The van der Waals surface area contributed by atoms with Crippen LogP contribution in [0.5, 0.6) is 0 Å². The van der Waals surface area contributed by atoms with Gasteiger partial charge >= 0.3 is 6.09 Å². The van der Waals surface area contributed by atoms with Crippen molar-refractivity contribution in [3.05, 3.63) is 35.9 Å². The molecule has 1 fully saturated rings. The first-order valence-electron chi connectivity index (χ1n) is 8.09. The molecule has 0 saturated heterocycles. The Morgan fingerprint density at radius 3 is 2.65 bits per heavy atom. The summed E-state index contributed by atoms with van der Waals surface area (Å²) in [4.78, 5) is 12.0. The molecule has 1 amide bonds. The maximum atomic E-state index is 12.0. The fourth-order valence-electron chi connectivity index (χ4n) is 2.82. The first-order valence-corrected chi connectivity index (χ1v) is 8.09. The number of rotatable bonds is 5. The number of aliphatic hydroxyl groups is 1. The van der Waals surface area contributed by atoms with E-state index < -0.39 is 17.2 Å². The van der Waals surface area contributed by atoms with Crippen LogP contribution in [0.1, 0.15) is 45.6 Å². The fraction of sp³-hybridized carbons (Fsp3) is 0.611. The third-order valence-corrected chi connectivity index (χ3v) is 3.96. The minimum absolute atomic E-state index is 0.0253. The summed E-state index contributed by atoms with van der Waals surface area (Å²) < 4.78 is 11.2. The van der Waals surface area contributed by atoms with E-state index in [4.69, 9.17) is 9.47 Å². The van der Waals surface area contributed by atoms with Crippen LogP contribution in [0.25, 0.3) is 0 Å². The van der Waals surface area contributed by atoms with Crippen molar-refractivity contribution >= 4 is 6.09 Å². The second-order valence-electron chi connectivity index (χ2n) is 7.23. The summed E-state index contributed by atoms with van der Waals surface area (Å²) in [6, 6.07) is 9.98. The zero-order chi connectivity index (χ0) is 16.9. The summed E-state index contributed by atoms with van der Waals surface area (Å²) in [6.45, 7) is 5.88. The van der Waals surface area contributed by atoms with E-state index in [0.29, 0.717) is 19.4 Å². The van der Waals surface area contributed by atoms with Crippen molar-refractivity contribution in [2.45, 2.75) is 63.9 Å². The monoisotopic (exact) mass is 321 g/mol. The van der Waals surface area contributed by atoms with Crippen molar-refractivity contribution in [2.24, 2.45) is 0 Å². The van der Waals surface area contributed by atoms with Gasteiger partial charge in [-0.3, -0.25) is 0 Å². The second kappa shape index (κ2) is 7.32. The van der Waals surface area contributed by atoms with E-state index in [2.05, 4.69) is 5.32 Å². The summed E-state index contributed by atoms with van der Waals surface area (Å²) in [7, 11) is 0. The third-order valence-electron chi connectivity index (χ3n) is 3.96. The van der Waals surface area contributed by atoms with E-state index >= 15 is 0 Å². The topological polar surface area (TPSA) is 67.8 Å². The Morgan fingerprint density at radius 1 is 1.35 bits per heavy atom. The number of benzene rings is 1. The van der Waals surface area contributed by atoms with Crippen molar-refractivity contribution in [2.75, 3.05) is 6.61 Å². The number of nitrogens with one attached hydrogen (secondary N) is 1. The zero-order valence-corrected chi connectivity index (χ0v) is 14.2. The minimum atomic E-state index is -0.649. The molecular weight excluding hydrogens is 294 g/mol. The minimum Gasteiger partial charge on any atom is -0.444 e. The van der Waals surface area contributed by atoms with Crippen molar-refractivity contribution in [1.29, 1.82) is 0 Å². The van der Waals surface area contributed by atoms with Crippen LogP contribution < -0.4 is 5.32 Å². The van der Waals surface area contributed by atoms with Crippen LogP contribution in [0.15, 0.2) is 30.3 Å². The Labute approximate surface area is 138 Å². The fourth-order valence-corrected chi connectivity index (χ4v) is 2.82. The highest BCUT2D eigenvalue weighted by Gasteiger charge is 2.41. The van der Waals surface area contributed by atoms with E-state index in [9.17, 15) is 9.90 Å². The summed E-state index contributed by atoms with van der Waals surface area (Å²) >= 11 is 0. The van der Waals surface area contributed by atoms with Crippen molar-refractivity contribution in [1.82, 2.24) is 5.32 Å². The number of carbonyl (C=O) groups excluding carboxylic acids is 1. The van der Waals surface area contributed by atoms with Crippen LogP contribution in [0, 0.1) is 0 Å². The second-order valence-corrected chi connectivity index (χ2v) is 7.23. The molecule has 0 radical (unpaired) electrons. The quantitative estimate of drug-likeness (QED) is 0.875. The van der Waals surface area contributed by atoms with E-state index in [1.54, 1.807) is 0 Å². The van der Waals surface area contributed by atoms with Gasteiger partial charge in [0.05, 0.1) is 24.9 Å². The Morgan fingerprint density at radius 2 is 2.04 bits per heavy atom. The number of aliphatic hydroxyl groups excluding tert-OH is 1. The summed E-state index contributed by atoms with van der Waals surface area (Å²) in [5, 5.41) is 12.6. The molecule has 2 unspecified atom stereocenters. The Balaban J connectivity index is 1.86. The smallest absolute Gasteiger partial charge is 0.408 e. The molecule has 0 aromatic heterocycles. The average molecular weight is 321 g/mol. The van der Waals surface area contributed by atoms with Gasteiger partial charge in [-0.15, -0.1) is 0 Å². The van der Waals surface area contributed by atoms with Crippen LogP contribution in [-0.2, 0) is 16.1 Å². The van der Waals surface area contributed by atoms with Crippen LogP contribution in [0.3, 0.4) is 0 Å². The molecule has 0 aliphatic heterocycles. The van der Waals surface area contributed by atoms with Gasteiger partial charge in [-0.05, 0) is 45.6 Å². The average Bonchev–Trinajstić information content (AvgIpc) is 2.88. The number of hydrogen-bond donors (Lipinski definition) is 2. The van der Waals surface area contributed by atoms with Crippen LogP contribution in [0.2, 0.25) is 0 Å².